The molecule has 1 aliphatic carbocycles. The molecule has 2 heterocycles. The summed E-state index contributed by atoms with van der Waals surface area (Å²) in [6.45, 7) is 4.74. The van der Waals surface area contributed by atoms with Crippen LogP contribution in [0.15, 0.2) is 35.1 Å². The molecular formula is C27H40O12. The van der Waals surface area contributed by atoms with Gasteiger partial charge in [0, 0.05) is 23.3 Å². The van der Waals surface area contributed by atoms with Gasteiger partial charge in [-0.1, -0.05) is 24.6 Å². The zero-order chi connectivity index (χ0) is 28.9. The number of carbonyl (C=O) groups excluding carboxylic acids is 2. The average Bonchev–Trinajstić information content (AvgIpc) is 3.24. The number of methoxy groups -OCH3 is 1. The Bertz CT molecular complexity index is 956. The molecule has 2 aliphatic heterocycles. The fraction of sp³-hybridized carbons (Fsp3) is 0.704. The van der Waals surface area contributed by atoms with Crippen LogP contribution in [0.4, 0.5) is 0 Å². The smallest absolute Gasteiger partial charge is 0.337 e. The molecule has 220 valence electrons. The molecule has 0 aromatic carbocycles. The summed E-state index contributed by atoms with van der Waals surface area (Å²) in [7, 11) is 1.25. The van der Waals surface area contributed by atoms with Crippen molar-refractivity contribution in [2.45, 2.75) is 83.1 Å². The van der Waals surface area contributed by atoms with Crippen molar-refractivity contribution in [2.75, 3.05) is 20.3 Å². The van der Waals surface area contributed by atoms with Crippen LogP contribution in [-0.2, 0) is 33.3 Å². The lowest BCUT2D eigenvalue weighted by atomic mass is 9.83. The number of hydrogen-bond donors (Lipinski definition) is 5. The SMILES string of the molecule is COC(=O)C1=CO[C@@H](O[C@@H]2O[C@H](CO)[C@@H](O)[C@H](O)[C@H]2O)[C@@H]2[C@@H](C)[C@@H](OC(=O)/C(C)=C/CC/C(C)=C\CO)C[C@H]12. The van der Waals surface area contributed by atoms with Gasteiger partial charge in [-0.15, -0.1) is 0 Å². The Balaban J connectivity index is 1.75. The van der Waals surface area contributed by atoms with Crippen molar-refractivity contribution in [2.24, 2.45) is 17.8 Å². The zero-order valence-electron chi connectivity index (χ0n) is 22.6. The first-order valence-corrected chi connectivity index (χ1v) is 13.1. The van der Waals surface area contributed by atoms with Crippen LogP contribution in [0.2, 0.25) is 0 Å². The van der Waals surface area contributed by atoms with E-state index in [4.69, 9.17) is 28.8 Å². The molecule has 1 saturated carbocycles. The molecule has 3 rings (SSSR count). The molecule has 0 aromatic rings. The highest BCUT2D eigenvalue weighted by molar-refractivity contribution is 5.89. The minimum atomic E-state index is -1.63. The van der Waals surface area contributed by atoms with Crippen molar-refractivity contribution in [3.05, 3.63) is 35.1 Å². The summed E-state index contributed by atoms with van der Waals surface area (Å²) in [4.78, 5) is 25.3. The van der Waals surface area contributed by atoms with E-state index in [0.717, 1.165) is 5.57 Å². The Morgan fingerprint density at radius 2 is 1.79 bits per heavy atom. The number of allylic oxidation sites excluding steroid dienone is 2. The molecule has 0 bridgehead atoms. The van der Waals surface area contributed by atoms with Gasteiger partial charge in [-0.2, -0.15) is 0 Å². The van der Waals surface area contributed by atoms with Gasteiger partial charge >= 0.3 is 11.9 Å². The van der Waals surface area contributed by atoms with Crippen molar-refractivity contribution in [1.29, 1.82) is 0 Å². The third-order valence-corrected chi connectivity index (χ3v) is 7.73. The quantitative estimate of drug-likeness (QED) is 0.139. The normalized spacial score (nSPS) is 37.0. The van der Waals surface area contributed by atoms with Crippen molar-refractivity contribution in [3.63, 3.8) is 0 Å². The van der Waals surface area contributed by atoms with Crippen LogP contribution in [0.25, 0.3) is 0 Å². The van der Waals surface area contributed by atoms with Gasteiger partial charge in [-0.05, 0) is 33.1 Å². The summed E-state index contributed by atoms with van der Waals surface area (Å²) in [5.41, 5.74) is 1.69. The second kappa shape index (κ2) is 13.8. The molecule has 3 aliphatic rings. The van der Waals surface area contributed by atoms with Crippen LogP contribution in [0.3, 0.4) is 0 Å². The van der Waals surface area contributed by atoms with E-state index in [0.29, 0.717) is 24.8 Å². The lowest BCUT2D eigenvalue weighted by molar-refractivity contribution is -0.342. The van der Waals surface area contributed by atoms with Crippen molar-refractivity contribution < 1.29 is 58.8 Å². The van der Waals surface area contributed by atoms with Crippen molar-refractivity contribution >= 4 is 11.9 Å². The maximum atomic E-state index is 12.9. The second-order valence-electron chi connectivity index (χ2n) is 10.3. The number of fused-ring (bicyclic) bond motifs is 1. The number of ether oxygens (including phenoxy) is 5. The monoisotopic (exact) mass is 556 g/mol. The Morgan fingerprint density at radius 1 is 1.08 bits per heavy atom. The van der Waals surface area contributed by atoms with Crippen LogP contribution in [0.1, 0.15) is 40.0 Å². The highest BCUT2D eigenvalue weighted by atomic mass is 16.8. The third kappa shape index (κ3) is 7.07. The lowest BCUT2D eigenvalue weighted by Crippen LogP contribution is -2.60. The summed E-state index contributed by atoms with van der Waals surface area (Å²) in [5, 5.41) is 49.1. The van der Waals surface area contributed by atoms with Gasteiger partial charge in [0.25, 0.3) is 0 Å². The highest BCUT2D eigenvalue weighted by Crippen LogP contribution is 2.48. The Kier molecular flexibility index (Phi) is 11.1. The van der Waals surface area contributed by atoms with E-state index in [-0.39, 0.29) is 18.1 Å². The molecule has 0 amide bonds. The molecule has 2 fully saturated rings. The highest BCUT2D eigenvalue weighted by Gasteiger charge is 2.54. The van der Waals surface area contributed by atoms with Gasteiger partial charge in [0.05, 0.1) is 32.2 Å². The molecule has 1 saturated heterocycles. The van der Waals surface area contributed by atoms with Gasteiger partial charge in [0.1, 0.15) is 30.5 Å². The molecule has 12 heteroatoms. The van der Waals surface area contributed by atoms with Crippen LogP contribution in [0.5, 0.6) is 0 Å². The predicted octanol–water partition coefficient (Wildman–Crippen LogP) is 0.0652. The number of aliphatic hydroxyl groups excluding tert-OH is 5. The van der Waals surface area contributed by atoms with E-state index in [1.807, 2.05) is 13.8 Å². The molecule has 0 unspecified atom stereocenters. The van der Waals surface area contributed by atoms with Gasteiger partial charge in [-0.25, -0.2) is 9.59 Å². The summed E-state index contributed by atoms with van der Waals surface area (Å²) in [6, 6.07) is 0. The standard InChI is InChI=1S/C27H40O12/c1-13(8-9-28)6-5-7-14(2)24(33)37-18-10-16-17(25(34)35-4)12-36-26(20(16)15(18)3)39-27-23(32)22(31)21(30)19(11-29)38-27/h7-8,12,15-16,18-23,26-32H,5-6,9-11H2,1-4H3/b13-8-,14-7+/t15-,16+,18-,19+,20+,21+,22-,23+,26-,27-/m0/s1. The summed E-state index contributed by atoms with van der Waals surface area (Å²) >= 11 is 0. The summed E-state index contributed by atoms with van der Waals surface area (Å²) in [5.74, 6) is -2.44. The number of rotatable bonds is 10. The van der Waals surface area contributed by atoms with Crippen LogP contribution in [0, 0.1) is 17.8 Å². The Labute approximate surface area is 227 Å². The molecule has 0 spiro atoms. The Morgan fingerprint density at radius 3 is 2.44 bits per heavy atom. The van der Waals surface area contributed by atoms with E-state index in [9.17, 15) is 30.0 Å². The molecule has 10 atom stereocenters. The van der Waals surface area contributed by atoms with Crippen LogP contribution >= 0.6 is 0 Å². The van der Waals surface area contributed by atoms with E-state index < -0.39 is 73.5 Å². The number of aliphatic hydroxyl groups is 5. The van der Waals surface area contributed by atoms with E-state index >= 15 is 0 Å². The summed E-state index contributed by atoms with van der Waals surface area (Å²) in [6.07, 6.45) is -2.79. The minimum Gasteiger partial charge on any atom is -0.472 e. The third-order valence-electron chi connectivity index (χ3n) is 7.73. The molecule has 0 aromatic heterocycles. The van der Waals surface area contributed by atoms with Crippen LogP contribution < -0.4 is 0 Å². The molecular weight excluding hydrogens is 516 g/mol. The first-order valence-electron chi connectivity index (χ1n) is 13.1. The van der Waals surface area contributed by atoms with Gasteiger partial charge < -0.3 is 49.2 Å². The zero-order valence-corrected chi connectivity index (χ0v) is 22.6. The number of hydrogen-bond acceptors (Lipinski definition) is 12. The maximum Gasteiger partial charge on any atom is 0.337 e. The molecule has 0 radical (unpaired) electrons. The Hall–Kier alpha value is -2.32. The fourth-order valence-electron chi connectivity index (χ4n) is 5.32. The minimum absolute atomic E-state index is 0.0364. The second-order valence-corrected chi connectivity index (χ2v) is 10.3. The van der Waals surface area contributed by atoms with Crippen molar-refractivity contribution in [1.82, 2.24) is 0 Å². The fourth-order valence-corrected chi connectivity index (χ4v) is 5.32. The number of esters is 2. The first kappa shape index (κ1) is 31.2. The largest absolute Gasteiger partial charge is 0.472 e. The van der Waals surface area contributed by atoms with Gasteiger partial charge in [0.2, 0.25) is 6.29 Å². The first-order chi connectivity index (χ1) is 18.5. The predicted molar refractivity (Wildman–Crippen MR) is 134 cm³/mol. The molecule has 39 heavy (non-hydrogen) atoms. The van der Waals surface area contributed by atoms with Crippen LogP contribution in [-0.4, -0.2) is 101 Å². The van der Waals surface area contributed by atoms with Crippen molar-refractivity contribution in [3.8, 4) is 0 Å². The summed E-state index contributed by atoms with van der Waals surface area (Å²) < 4.78 is 27.8. The van der Waals surface area contributed by atoms with E-state index in [1.54, 1.807) is 19.1 Å². The maximum absolute atomic E-state index is 12.9. The topological polar surface area (TPSA) is 181 Å². The van der Waals surface area contributed by atoms with E-state index in [1.165, 1.54) is 13.4 Å². The van der Waals surface area contributed by atoms with Gasteiger partial charge in [-0.3, -0.25) is 0 Å². The molecule has 12 nitrogen and oxygen atoms in total. The molecule has 5 N–H and O–H groups in total. The number of carbonyl (C=O) groups is 2. The van der Waals surface area contributed by atoms with E-state index in [2.05, 4.69) is 0 Å². The lowest BCUT2D eigenvalue weighted by Gasteiger charge is -2.43. The average molecular weight is 557 g/mol. The van der Waals surface area contributed by atoms with Gasteiger partial charge in [0.15, 0.2) is 6.29 Å².